The topological polar surface area (TPSA) is 55.4 Å². The second kappa shape index (κ2) is 55.6. The molecule has 12 bridgehead atoms. The van der Waals surface area contributed by atoms with Crippen molar-refractivity contribution in [2.24, 2.45) is 0 Å². The van der Waals surface area contributed by atoms with Crippen molar-refractivity contribution in [2.45, 2.75) is 350 Å². The SMILES string of the molecule is CCCCCCCCCCOc1c(OCCCCCCCCCC)c2ccc3cc2c2cc(ccc12)=C=C=C=C=c1ccc2c(OCCCCCCCCCC)c(OCCCCCCCCCC)c4ccc(cc4c2c1)=C=C=C=C=c1ccc2c(OCCCCCCCCCC)c(OCCCCCCCCCC)c4ccc(cc4c2c1)=C=C=C=C=3. The molecule has 6 nitrogen and oxygen atoms in total. The highest BCUT2D eigenvalue weighted by Gasteiger charge is 2.22. The van der Waals surface area contributed by atoms with E-state index in [1.165, 1.54) is 231 Å². The zero-order chi connectivity index (χ0) is 83.5. The maximum absolute atomic E-state index is 7.04. The molecule has 1 aliphatic rings. The molecule has 0 amide bonds. The van der Waals surface area contributed by atoms with Gasteiger partial charge >= 0.3 is 0 Å². The van der Waals surface area contributed by atoms with Crippen molar-refractivity contribution in [3.63, 3.8) is 0 Å². The van der Waals surface area contributed by atoms with Crippen LogP contribution in [0.5, 0.6) is 34.5 Å². The first kappa shape index (κ1) is 93.0. The molecule has 0 N–H and O–H groups in total. The highest BCUT2D eigenvalue weighted by Crippen LogP contribution is 2.46. The molecular weight excluding hydrogens is 1470 g/mol. The van der Waals surface area contributed by atoms with Gasteiger partial charge in [0.15, 0.2) is 34.5 Å². The monoisotopic (exact) mass is 1610 g/mol. The summed E-state index contributed by atoms with van der Waals surface area (Å²) in [4.78, 5) is 0. The average Bonchev–Trinajstić information content (AvgIpc) is 0.759. The average molecular weight is 1610 g/mol. The minimum atomic E-state index is 0.608. The van der Waals surface area contributed by atoms with Gasteiger partial charge in [-0.05, 0) is 214 Å². The summed E-state index contributed by atoms with van der Waals surface area (Å²) in [5.41, 5.74) is 40.7. The standard InChI is InChI=1S/C114H144O6/c1-7-13-19-25-31-37-43-55-79-115-109-97-73-67-91-61-49-50-63-93-69-75-99-105(87-93)107-89-95(71-77-101(107)113(119-83-59-47-41-35-29-23-17-11-5)111(99)117-81-57-45-39-33-27-21-15-9-3)65-53-54-66-96-72-78-102-108(90-96)106-88-94(64-52-51-62-92-68-74-98(104(86-92)103(97)85-91)110(109)116-80-56-44-38-32-26-20-14-8-2)70-76-100(106)112(118-82-58-46-40-34-28-22-16-10-4)114(102)120-84-60-48-42-36-30-24-18-12-6/h67-78,85-90H,7-48,55-60,79-84H2,1-6H3. The Balaban J connectivity index is 1.19. The fraction of sp³-hybridized carbons (Fsp3) is 0.526. The molecule has 0 radical (unpaired) electrons. The van der Waals surface area contributed by atoms with Gasteiger partial charge < -0.3 is 28.4 Å². The summed E-state index contributed by atoms with van der Waals surface area (Å²) in [5, 5.41) is 17.2. The van der Waals surface area contributed by atoms with Crippen LogP contribution in [0.2, 0.25) is 0 Å². The Morgan fingerprint density at radius 2 is 0.275 bits per heavy atom. The first-order valence-electron chi connectivity index (χ1n) is 48.4. The summed E-state index contributed by atoms with van der Waals surface area (Å²) in [6.45, 7) is 17.4. The van der Waals surface area contributed by atoms with E-state index in [4.69, 9.17) is 28.4 Å². The zero-order valence-corrected chi connectivity index (χ0v) is 75.0. The molecule has 0 fully saturated rings. The van der Waals surface area contributed by atoms with Gasteiger partial charge in [0, 0.05) is 63.6 Å². The first-order chi connectivity index (χ1) is 59.4. The summed E-state index contributed by atoms with van der Waals surface area (Å²) in [5.74, 6) is 4.78. The number of hydrogen-bond acceptors (Lipinski definition) is 6. The van der Waals surface area contributed by atoms with E-state index in [-0.39, 0.29) is 0 Å². The summed E-state index contributed by atoms with van der Waals surface area (Å²) in [6.07, 6.45) is 58.7. The van der Waals surface area contributed by atoms with Crippen molar-refractivity contribution < 1.29 is 28.4 Å². The molecule has 1 aliphatic carbocycles. The molecule has 9 aromatic rings. The van der Waals surface area contributed by atoms with Crippen LogP contribution >= 0.6 is 0 Å². The van der Waals surface area contributed by atoms with E-state index in [0.29, 0.717) is 39.6 Å². The lowest BCUT2D eigenvalue weighted by molar-refractivity contribution is 0.263. The second-order valence-electron chi connectivity index (χ2n) is 34.0. The fourth-order valence-corrected chi connectivity index (χ4v) is 16.9. The molecule has 120 heavy (non-hydrogen) atoms. The third-order valence-electron chi connectivity index (χ3n) is 24.0. The summed E-state index contributed by atoms with van der Waals surface area (Å²) in [6, 6.07) is 39.0. The lowest BCUT2D eigenvalue weighted by Crippen LogP contribution is -2.07. The van der Waals surface area contributed by atoms with Crippen LogP contribution in [0, 0.1) is 0 Å². The normalized spacial score (nSPS) is 11.6. The third-order valence-corrected chi connectivity index (χ3v) is 24.0. The number of rotatable bonds is 60. The molecule has 0 atom stereocenters. The number of fused-ring (bicyclic) bond motifs is 6. The predicted molar refractivity (Wildman–Crippen MR) is 512 cm³/mol. The number of ether oxygens (including phenoxy) is 6. The van der Waals surface area contributed by atoms with Crippen LogP contribution in [0.1, 0.15) is 350 Å². The molecule has 0 saturated carbocycles. The van der Waals surface area contributed by atoms with Crippen molar-refractivity contribution in [3.05, 3.63) is 175 Å². The molecule has 0 aromatic heterocycles. The molecule has 6 heteroatoms. The highest BCUT2D eigenvalue weighted by molar-refractivity contribution is 6.16. The quantitative estimate of drug-likeness (QED) is 0.0215. The van der Waals surface area contributed by atoms with Gasteiger partial charge in [0.2, 0.25) is 0 Å². The molecular formula is C114H144O6. The van der Waals surface area contributed by atoms with Crippen LogP contribution in [0.3, 0.4) is 0 Å². The van der Waals surface area contributed by atoms with Crippen LogP contribution in [0.4, 0.5) is 0 Å². The lowest BCUT2D eigenvalue weighted by Gasteiger charge is -2.19. The summed E-state index contributed by atoms with van der Waals surface area (Å²) >= 11 is 0. The van der Waals surface area contributed by atoms with Crippen LogP contribution in [-0.2, 0) is 0 Å². The van der Waals surface area contributed by atoms with Crippen molar-refractivity contribution in [3.8, 4) is 34.5 Å². The van der Waals surface area contributed by atoms with Crippen molar-refractivity contribution in [1.82, 2.24) is 0 Å². The Labute approximate surface area is 721 Å². The number of unbranched alkanes of at least 4 members (excludes halogenated alkanes) is 42. The molecule has 0 heterocycles. The third kappa shape index (κ3) is 30.4. The van der Waals surface area contributed by atoms with Crippen molar-refractivity contribution >= 4 is 99.0 Å². The smallest absolute Gasteiger partial charge is 0.169 e. The molecule has 9 aromatic carbocycles. The van der Waals surface area contributed by atoms with E-state index in [1.54, 1.807) is 0 Å². The lowest BCUT2D eigenvalue weighted by atomic mass is 9.98. The second-order valence-corrected chi connectivity index (χ2v) is 34.0. The van der Waals surface area contributed by atoms with Gasteiger partial charge in [-0.2, -0.15) is 0 Å². The first-order valence-corrected chi connectivity index (χ1v) is 48.4. The number of hydrogen-bond donors (Lipinski definition) is 0. The Hall–Kier alpha value is -9.30. The van der Waals surface area contributed by atoms with Crippen LogP contribution in [0.25, 0.3) is 99.0 Å². The molecule has 0 saturated heterocycles. The predicted octanol–water partition coefficient (Wildman–Crippen LogP) is 29.0. The highest BCUT2D eigenvalue weighted by atomic mass is 16.5. The Bertz CT molecular complexity index is 4630. The van der Waals surface area contributed by atoms with E-state index in [2.05, 4.69) is 220 Å². The molecule has 0 spiro atoms. The molecule has 0 aliphatic heterocycles. The van der Waals surface area contributed by atoms with Gasteiger partial charge in [-0.3, -0.25) is 0 Å². The van der Waals surface area contributed by atoms with Gasteiger partial charge in [-0.25, -0.2) is 0 Å². The van der Waals surface area contributed by atoms with E-state index in [0.717, 1.165) is 207 Å². The van der Waals surface area contributed by atoms with E-state index in [1.807, 2.05) is 0 Å². The minimum Gasteiger partial charge on any atom is -0.489 e. The van der Waals surface area contributed by atoms with Crippen molar-refractivity contribution in [2.75, 3.05) is 39.6 Å². The molecule has 0 unspecified atom stereocenters. The Morgan fingerprint density at radius 1 is 0.150 bits per heavy atom. The van der Waals surface area contributed by atoms with Gasteiger partial charge in [0.25, 0.3) is 0 Å². The zero-order valence-electron chi connectivity index (χ0n) is 75.0. The summed E-state index contributed by atoms with van der Waals surface area (Å²) < 4.78 is 42.2. The Kier molecular flexibility index (Phi) is 43.1. The number of benzene rings is 9. The van der Waals surface area contributed by atoms with E-state index >= 15 is 0 Å². The van der Waals surface area contributed by atoms with Crippen LogP contribution < -0.4 is 59.7 Å². The van der Waals surface area contributed by atoms with Crippen molar-refractivity contribution in [1.29, 1.82) is 0 Å². The fourth-order valence-electron chi connectivity index (χ4n) is 16.9. The van der Waals surface area contributed by atoms with Crippen LogP contribution in [-0.4, -0.2) is 39.6 Å². The van der Waals surface area contributed by atoms with E-state index < -0.39 is 0 Å². The van der Waals surface area contributed by atoms with Gasteiger partial charge in [-0.15, -0.1) is 0 Å². The maximum Gasteiger partial charge on any atom is 0.169 e. The van der Waals surface area contributed by atoms with Gasteiger partial charge in [0.1, 0.15) is 0 Å². The minimum absolute atomic E-state index is 0.608. The Morgan fingerprint density at radius 3 is 0.408 bits per heavy atom. The van der Waals surface area contributed by atoms with Gasteiger partial charge in [-0.1, -0.05) is 346 Å². The largest absolute Gasteiger partial charge is 0.489 e. The maximum atomic E-state index is 7.04. The molecule has 10 rings (SSSR count). The van der Waals surface area contributed by atoms with Gasteiger partial charge in [0.05, 0.1) is 39.6 Å². The van der Waals surface area contributed by atoms with E-state index in [9.17, 15) is 0 Å². The molecule has 636 valence electrons. The van der Waals surface area contributed by atoms with Crippen LogP contribution in [0.15, 0.2) is 144 Å². The summed E-state index contributed by atoms with van der Waals surface area (Å²) in [7, 11) is 0.